The van der Waals surface area contributed by atoms with E-state index in [9.17, 15) is 9.13 Å². The molecule has 0 amide bonds. The van der Waals surface area contributed by atoms with Gasteiger partial charge in [0, 0.05) is 0 Å². The molecule has 116 valence electrons. The highest BCUT2D eigenvalue weighted by Crippen LogP contribution is 2.38. The van der Waals surface area contributed by atoms with Gasteiger partial charge in [0.25, 0.3) is 0 Å². The average molecular weight is 340 g/mol. The lowest BCUT2D eigenvalue weighted by Gasteiger charge is -2.05. The molecule has 0 saturated heterocycles. The van der Waals surface area contributed by atoms with E-state index in [1.165, 1.54) is 0 Å². The van der Waals surface area contributed by atoms with Crippen molar-refractivity contribution < 1.29 is 18.2 Å². The third-order valence-electron chi connectivity index (χ3n) is 2.80. The summed E-state index contributed by atoms with van der Waals surface area (Å²) in [7, 11) is -4.07. The first-order chi connectivity index (χ1) is 10.6. The molecular weight excluding hydrogens is 322 g/mol. The Labute approximate surface area is 131 Å². The van der Waals surface area contributed by atoms with Crippen molar-refractivity contribution >= 4 is 38.5 Å². The second-order valence-corrected chi connectivity index (χ2v) is 6.31. The molecule has 0 bridgehead atoms. The van der Waals surface area contributed by atoms with Crippen LogP contribution < -0.4 is 10.2 Å². The van der Waals surface area contributed by atoms with Gasteiger partial charge in [-0.2, -0.15) is 0 Å². The SMILES string of the molecule is CCO[P+](=O)Nc1cc2ccccc2cc1N[P+](=O)OCC. The van der Waals surface area contributed by atoms with Crippen molar-refractivity contribution in [2.45, 2.75) is 13.8 Å². The van der Waals surface area contributed by atoms with Crippen LogP contribution in [0, 0.1) is 0 Å². The quantitative estimate of drug-likeness (QED) is 0.655. The van der Waals surface area contributed by atoms with Crippen LogP contribution in [-0.2, 0) is 18.2 Å². The molecule has 0 aromatic heterocycles. The Kier molecular flexibility index (Phi) is 6.22. The number of benzene rings is 2. The van der Waals surface area contributed by atoms with Gasteiger partial charge in [0.15, 0.2) is 0 Å². The Morgan fingerprint density at radius 2 is 1.27 bits per heavy atom. The lowest BCUT2D eigenvalue weighted by molar-refractivity contribution is 0.353. The zero-order chi connectivity index (χ0) is 15.9. The molecule has 0 spiro atoms. The van der Waals surface area contributed by atoms with Crippen molar-refractivity contribution in [3.05, 3.63) is 36.4 Å². The molecule has 2 aromatic carbocycles. The smallest absolute Gasteiger partial charge is 0.148 e. The molecule has 22 heavy (non-hydrogen) atoms. The summed E-state index contributed by atoms with van der Waals surface area (Å²) in [4.78, 5) is 0. The van der Waals surface area contributed by atoms with E-state index < -0.39 is 16.4 Å². The maximum Gasteiger partial charge on any atom is 0.643 e. The largest absolute Gasteiger partial charge is 0.643 e. The first-order valence-corrected chi connectivity index (χ1v) is 9.26. The Morgan fingerprint density at radius 1 is 0.864 bits per heavy atom. The normalized spacial score (nSPS) is 12.1. The van der Waals surface area contributed by atoms with Gasteiger partial charge in [0.2, 0.25) is 0 Å². The lowest BCUT2D eigenvalue weighted by Crippen LogP contribution is -1.97. The minimum Gasteiger partial charge on any atom is -0.148 e. The first kappa shape index (κ1) is 16.8. The van der Waals surface area contributed by atoms with Gasteiger partial charge in [-0.15, -0.1) is 19.2 Å². The summed E-state index contributed by atoms with van der Waals surface area (Å²) in [6.45, 7) is 4.21. The van der Waals surface area contributed by atoms with Crippen molar-refractivity contribution in [2.24, 2.45) is 0 Å². The Bertz CT molecular complexity index is 635. The van der Waals surface area contributed by atoms with Crippen molar-refractivity contribution in [1.82, 2.24) is 0 Å². The zero-order valence-corrected chi connectivity index (χ0v) is 14.2. The predicted octanol–water partition coefficient (Wildman–Crippen LogP) is 5.05. The molecular formula is C14H18N2O4P2+2. The van der Waals surface area contributed by atoms with Crippen molar-refractivity contribution in [3.63, 3.8) is 0 Å². The summed E-state index contributed by atoms with van der Waals surface area (Å²) in [5.41, 5.74) is 1.10. The van der Waals surface area contributed by atoms with Crippen molar-refractivity contribution in [2.75, 3.05) is 23.4 Å². The number of hydrogen-bond donors (Lipinski definition) is 2. The number of fused-ring (bicyclic) bond motifs is 1. The van der Waals surface area contributed by atoms with E-state index in [-0.39, 0.29) is 0 Å². The van der Waals surface area contributed by atoms with Gasteiger partial charge < -0.3 is 0 Å². The molecule has 2 aromatic rings. The minimum absolute atomic E-state index is 0.339. The Balaban J connectivity index is 2.36. The third-order valence-corrected chi connectivity index (χ3v) is 4.63. The summed E-state index contributed by atoms with van der Waals surface area (Å²) in [6.07, 6.45) is 0. The van der Waals surface area contributed by atoms with Crippen LogP contribution in [0.15, 0.2) is 36.4 Å². The summed E-state index contributed by atoms with van der Waals surface area (Å²) in [5.74, 6) is 0. The third kappa shape index (κ3) is 4.46. The van der Waals surface area contributed by atoms with Gasteiger partial charge in [-0.3, -0.25) is 0 Å². The predicted molar refractivity (Wildman–Crippen MR) is 89.7 cm³/mol. The van der Waals surface area contributed by atoms with Crippen molar-refractivity contribution in [3.8, 4) is 0 Å². The molecule has 2 rings (SSSR count). The van der Waals surface area contributed by atoms with Crippen LogP contribution in [0.4, 0.5) is 11.4 Å². The summed E-state index contributed by atoms with van der Waals surface area (Å²) < 4.78 is 33.7. The average Bonchev–Trinajstić information content (AvgIpc) is 2.48. The van der Waals surface area contributed by atoms with E-state index >= 15 is 0 Å². The van der Waals surface area contributed by atoms with E-state index in [0.717, 1.165) is 10.8 Å². The van der Waals surface area contributed by atoms with Gasteiger partial charge in [0.1, 0.15) is 24.6 Å². The standard InChI is InChI=1S/C14H18N2O4P2/c1-3-19-21(17)15-13-9-11-7-5-6-8-12(11)10-14(13)16-22(18)20-4-2/h5-10H,3-4H2,1-2H3,(H,15,17)(H,16,18)/q+2. The fourth-order valence-electron chi connectivity index (χ4n) is 1.92. The number of hydrogen-bond acceptors (Lipinski definition) is 4. The molecule has 8 heteroatoms. The molecule has 0 heterocycles. The van der Waals surface area contributed by atoms with Gasteiger partial charge >= 0.3 is 16.4 Å². The van der Waals surface area contributed by atoms with E-state index in [1.807, 2.05) is 36.4 Å². The first-order valence-electron chi connectivity index (χ1n) is 6.90. The molecule has 0 aliphatic carbocycles. The highest BCUT2D eigenvalue weighted by molar-refractivity contribution is 7.41. The van der Waals surface area contributed by atoms with Crippen LogP contribution in [0.3, 0.4) is 0 Å². The molecule has 2 unspecified atom stereocenters. The molecule has 0 aliphatic heterocycles. The fraction of sp³-hybridized carbons (Fsp3) is 0.286. The second-order valence-electron chi connectivity index (χ2n) is 4.32. The molecule has 0 fully saturated rings. The number of anilines is 2. The van der Waals surface area contributed by atoms with Gasteiger partial charge in [-0.25, -0.2) is 0 Å². The van der Waals surface area contributed by atoms with Gasteiger partial charge in [-0.05, 0) is 45.9 Å². The Hall–Kier alpha value is -1.58. The molecule has 2 atom stereocenters. The van der Waals surface area contributed by atoms with Crippen LogP contribution >= 0.6 is 16.4 Å². The van der Waals surface area contributed by atoms with Crippen LogP contribution in [0.1, 0.15) is 13.8 Å². The second kappa shape index (κ2) is 8.16. The number of nitrogens with one attached hydrogen (secondary N) is 2. The van der Waals surface area contributed by atoms with Crippen LogP contribution in [-0.4, -0.2) is 13.2 Å². The molecule has 2 N–H and O–H groups in total. The van der Waals surface area contributed by atoms with E-state index in [0.29, 0.717) is 24.6 Å². The summed E-state index contributed by atoms with van der Waals surface area (Å²) in [6, 6.07) is 11.4. The topological polar surface area (TPSA) is 76.7 Å². The fourth-order valence-corrected chi connectivity index (χ4v) is 3.28. The number of rotatable bonds is 8. The minimum atomic E-state index is -2.04. The van der Waals surface area contributed by atoms with Crippen LogP contribution in [0.2, 0.25) is 0 Å². The van der Waals surface area contributed by atoms with E-state index in [1.54, 1.807) is 13.8 Å². The molecule has 0 aliphatic rings. The maximum atomic E-state index is 11.8. The Morgan fingerprint density at radius 3 is 1.64 bits per heavy atom. The zero-order valence-electron chi connectivity index (χ0n) is 12.4. The lowest BCUT2D eigenvalue weighted by atomic mass is 10.1. The summed E-state index contributed by atoms with van der Waals surface area (Å²) in [5, 5.41) is 7.53. The van der Waals surface area contributed by atoms with Crippen LogP contribution in [0.25, 0.3) is 10.8 Å². The maximum absolute atomic E-state index is 11.8. The monoisotopic (exact) mass is 340 g/mol. The molecule has 6 nitrogen and oxygen atoms in total. The summed E-state index contributed by atoms with van der Waals surface area (Å²) >= 11 is 0. The highest BCUT2D eigenvalue weighted by Gasteiger charge is 2.24. The van der Waals surface area contributed by atoms with Gasteiger partial charge in [0.05, 0.1) is 0 Å². The molecule has 0 radical (unpaired) electrons. The molecule has 0 saturated carbocycles. The van der Waals surface area contributed by atoms with Gasteiger partial charge in [-0.1, -0.05) is 24.3 Å². The van der Waals surface area contributed by atoms with Crippen molar-refractivity contribution in [1.29, 1.82) is 0 Å². The van der Waals surface area contributed by atoms with E-state index in [2.05, 4.69) is 10.2 Å². The van der Waals surface area contributed by atoms with E-state index in [4.69, 9.17) is 9.05 Å². The highest BCUT2D eigenvalue weighted by atomic mass is 31.1. The van der Waals surface area contributed by atoms with Crippen LogP contribution in [0.5, 0.6) is 0 Å².